The first-order valence-corrected chi connectivity index (χ1v) is 18.9. The summed E-state index contributed by atoms with van der Waals surface area (Å²) < 4.78 is 41.2. The monoisotopic (exact) mass is 852 g/mol. The number of halogens is 6. The lowest BCUT2D eigenvalue weighted by atomic mass is 9.49. The molecule has 3 aromatic carbocycles. The largest absolute Gasteiger partial charge is 0.507 e. The molecule has 9 nitrogen and oxygen atoms in total. The third-order valence-corrected chi connectivity index (χ3v) is 12.6. The zero-order valence-electron chi connectivity index (χ0n) is 29.0. The van der Waals surface area contributed by atoms with Crippen molar-refractivity contribution >= 4 is 74.3 Å². The molecule has 2 N–H and O–H groups in total. The highest BCUT2D eigenvalue weighted by Gasteiger charge is 2.70. The summed E-state index contributed by atoms with van der Waals surface area (Å²) >= 11 is 16.0. The molecule has 3 fully saturated rings. The second-order valence-corrected chi connectivity index (χ2v) is 16.2. The van der Waals surface area contributed by atoms with E-state index in [1.807, 2.05) is 6.08 Å². The Bertz CT molecular complexity index is 2330. The van der Waals surface area contributed by atoms with Gasteiger partial charge in [-0.2, -0.15) is 18.2 Å². The molecule has 282 valence electrons. The molecule has 2 aliphatic heterocycles. The van der Waals surface area contributed by atoms with Gasteiger partial charge in [-0.25, -0.2) is 4.98 Å². The number of carbonyl (C=O) groups excluding carboxylic acids is 4. The fourth-order valence-electron chi connectivity index (χ4n) is 9.16. The highest BCUT2D eigenvalue weighted by Crippen LogP contribution is 2.64. The van der Waals surface area contributed by atoms with Crippen LogP contribution < -0.4 is 10.3 Å². The lowest BCUT2D eigenvalue weighted by molar-refractivity contribution is -0.139. The molecule has 0 bridgehead atoms. The number of benzene rings is 3. The Labute approximate surface area is 331 Å². The number of hydrogen-bond acceptors (Lipinski definition) is 7. The number of amides is 4. The Morgan fingerprint density at radius 3 is 2.18 bits per heavy atom. The minimum atomic E-state index is -4.75. The van der Waals surface area contributed by atoms with Crippen molar-refractivity contribution in [3.05, 3.63) is 127 Å². The quantitative estimate of drug-likeness (QED) is 0.152. The number of rotatable bonds is 5. The molecule has 1 aromatic heterocycles. The van der Waals surface area contributed by atoms with Crippen LogP contribution in [0, 0.1) is 37.5 Å². The summed E-state index contributed by atoms with van der Waals surface area (Å²) in [7, 11) is 0. The number of alkyl halides is 3. The summed E-state index contributed by atoms with van der Waals surface area (Å²) in [5, 5.41) is 11.5. The summed E-state index contributed by atoms with van der Waals surface area (Å²) in [6, 6.07) is 17.5. The molecule has 55 heavy (non-hydrogen) atoms. The number of aromatic hydroxyl groups is 1. The smallest absolute Gasteiger partial charge is 0.417 e. The average Bonchev–Trinajstić information content (AvgIpc) is 3.52. The lowest BCUT2D eigenvalue weighted by Crippen LogP contribution is -2.53. The number of hydrazine groups is 1. The van der Waals surface area contributed by atoms with Crippen LogP contribution in [0.15, 0.2) is 89.0 Å². The second kappa shape index (κ2) is 13.2. The number of pyridine rings is 1. The van der Waals surface area contributed by atoms with Gasteiger partial charge < -0.3 is 5.11 Å². The van der Waals surface area contributed by atoms with Crippen molar-refractivity contribution in [3.8, 4) is 5.75 Å². The number of hydrogen-bond donors (Lipinski definition) is 2. The maximum absolute atomic E-state index is 15.4. The van der Waals surface area contributed by atoms with Crippen LogP contribution in [0.3, 0.4) is 0 Å². The fourth-order valence-corrected chi connectivity index (χ4v) is 9.76. The van der Waals surface area contributed by atoms with Gasteiger partial charge in [0.05, 0.1) is 39.4 Å². The molecule has 0 spiro atoms. The van der Waals surface area contributed by atoms with Crippen LogP contribution in [0.2, 0.25) is 10.0 Å². The van der Waals surface area contributed by atoms with E-state index in [0.29, 0.717) is 50.8 Å². The number of nitrogens with zero attached hydrogens (tertiary/aromatic N) is 3. The zero-order valence-corrected chi connectivity index (χ0v) is 32.1. The summed E-state index contributed by atoms with van der Waals surface area (Å²) in [5.74, 6) is -6.89. The number of phenolic OH excluding ortho intramolecular Hbond substituents is 1. The number of aromatic nitrogens is 1. The Morgan fingerprint density at radius 2 is 1.56 bits per heavy atom. The van der Waals surface area contributed by atoms with E-state index in [1.165, 1.54) is 4.90 Å². The summed E-state index contributed by atoms with van der Waals surface area (Å²) in [4.78, 5) is 63.8. The van der Waals surface area contributed by atoms with Gasteiger partial charge in [0.25, 0.3) is 11.8 Å². The van der Waals surface area contributed by atoms with Gasteiger partial charge in [-0.05, 0) is 97.3 Å². The van der Waals surface area contributed by atoms with Gasteiger partial charge in [-0.1, -0.05) is 75.0 Å². The van der Waals surface area contributed by atoms with Gasteiger partial charge in [0.15, 0.2) is 5.82 Å². The van der Waals surface area contributed by atoms with Crippen LogP contribution in [-0.4, -0.2) is 38.7 Å². The van der Waals surface area contributed by atoms with Gasteiger partial charge in [0.2, 0.25) is 11.8 Å². The Morgan fingerprint density at radius 1 is 0.909 bits per heavy atom. The minimum Gasteiger partial charge on any atom is -0.507 e. The van der Waals surface area contributed by atoms with Gasteiger partial charge >= 0.3 is 6.18 Å². The standard InChI is InChI=1S/C40H30BrCl2F3N4O5/c1-18-13-20(14-19(2)33(18)51)32-26-11-12-27-31(37(54)49(35(27)52)25-9-5-23(41)6-10-25)28(26)16-29-36(53)50(38(55)39(29,32)21-3-7-24(42)8-4-21)48-34-30(43)15-22(17-47-34)40(44,45)46/h3-11,13-15,17,27-29,31-32,51H,12,16H2,1-2H3,(H,47,48). The topological polar surface area (TPSA) is 120 Å². The Kier molecular flexibility index (Phi) is 8.93. The normalized spacial score (nSPS) is 26.2. The number of imide groups is 2. The first-order valence-electron chi connectivity index (χ1n) is 17.3. The number of phenols is 1. The molecular formula is C40H30BrCl2F3N4O5. The molecule has 4 aliphatic rings. The number of anilines is 2. The maximum atomic E-state index is 15.4. The minimum absolute atomic E-state index is 0.0215. The number of aryl methyl sites for hydroxylation is 2. The molecule has 15 heteroatoms. The molecule has 1 saturated carbocycles. The predicted molar refractivity (Wildman–Crippen MR) is 201 cm³/mol. The molecule has 0 radical (unpaired) electrons. The average molecular weight is 855 g/mol. The molecule has 8 rings (SSSR count). The van der Waals surface area contributed by atoms with E-state index in [2.05, 4.69) is 26.3 Å². The van der Waals surface area contributed by atoms with Crippen molar-refractivity contribution < 1.29 is 37.5 Å². The molecule has 6 unspecified atom stereocenters. The van der Waals surface area contributed by atoms with Crippen LogP contribution in [-0.2, 0) is 30.8 Å². The molecular weight excluding hydrogens is 824 g/mol. The SMILES string of the molecule is Cc1cc(C2C3=CCC4C(=O)N(c5ccc(Br)cc5)C(=O)C4C3CC3C(=O)N(Nc4ncc(C(F)(F)F)cc4Cl)C(=O)C32c2ccc(Cl)cc2)cc(C)c1O. The van der Waals surface area contributed by atoms with Crippen LogP contribution in [0.4, 0.5) is 24.7 Å². The first kappa shape index (κ1) is 37.2. The van der Waals surface area contributed by atoms with Gasteiger partial charge in [0.1, 0.15) is 5.75 Å². The van der Waals surface area contributed by atoms with E-state index in [4.69, 9.17) is 23.2 Å². The van der Waals surface area contributed by atoms with Gasteiger partial charge in [0, 0.05) is 21.6 Å². The van der Waals surface area contributed by atoms with Crippen molar-refractivity contribution in [1.29, 1.82) is 0 Å². The summed E-state index contributed by atoms with van der Waals surface area (Å²) in [6.45, 7) is 3.43. The lowest BCUT2D eigenvalue weighted by Gasteiger charge is -2.50. The third-order valence-electron chi connectivity index (χ3n) is 11.5. The summed E-state index contributed by atoms with van der Waals surface area (Å²) in [5.41, 5.74) is 2.93. The highest BCUT2D eigenvalue weighted by atomic mass is 79.9. The molecule has 2 aliphatic carbocycles. The Balaban J connectivity index is 1.32. The molecule has 4 aromatic rings. The molecule has 6 atom stereocenters. The van der Waals surface area contributed by atoms with Crippen LogP contribution in [0.1, 0.15) is 46.6 Å². The maximum Gasteiger partial charge on any atom is 0.417 e. The zero-order chi connectivity index (χ0) is 39.3. The summed E-state index contributed by atoms with van der Waals surface area (Å²) in [6.07, 6.45) is -2.13. The first-order chi connectivity index (χ1) is 26.0. The fraction of sp³-hybridized carbons (Fsp3) is 0.275. The van der Waals surface area contributed by atoms with E-state index >= 15 is 4.79 Å². The van der Waals surface area contributed by atoms with Gasteiger partial charge in [-0.3, -0.25) is 29.5 Å². The molecule has 4 amide bonds. The van der Waals surface area contributed by atoms with E-state index in [9.17, 15) is 32.7 Å². The van der Waals surface area contributed by atoms with Gasteiger partial charge in [-0.15, -0.1) is 0 Å². The highest BCUT2D eigenvalue weighted by molar-refractivity contribution is 9.10. The van der Waals surface area contributed by atoms with Crippen molar-refractivity contribution in [3.63, 3.8) is 0 Å². The van der Waals surface area contributed by atoms with Crippen LogP contribution in [0.5, 0.6) is 5.75 Å². The molecule has 2 saturated heterocycles. The number of nitrogens with one attached hydrogen (secondary N) is 1. The van der Waals surface area contributed by atoms with E-state index in [0.717, 1.165) is 9.48 Å². The van der Waals surface area contributed by atoms with Crippen molar-refractivity contribution in [1.82, 2.24) is 9.99 Å². The second-order valence-electron chi connectivity index (χ2n) is 14.4. The van der Waals surface area contributed by atoms with Crippen molar-refractivity contribution in [2.45, 2.75) is 44.2 Å². The Hall–Kier alpha value is -4.72. The predicted octanol–water partition coefficient (Wildman–Crippen LogP) is 8.68. The van der Waals surface area contributed by atoms with Crippen LogP contribution in [0.25, 0.3) is 0 Å². The van der Waals surface area contributed by atoms with Crippen molar-refractivity contribution in [2.75, 3.05) is 10.3 Å². The number of fused-ring (bicyclic) bond motifs is 4. The third kappa shape index (κ3) is 5.68. The van der Waals surface area contributed by atoms with E-state index < -0.39 is 69.5 Å². The van der Waals surface area contributed by atoms with E-state index in [1.54, 1.807) is 74.5 Å². The van der Waals surface area contributed by atoms with E-state index in [-0.39, 0.29) is 30.3 Å². The molecule has 3 heterocycles. The number of carbonyl (C=O) groups is 4. The van der Waals surface area contributed by atoms with Crippen LogP contribution >= 0.6 is 39.1 Å². The van der Waals surface area contributed by atoms with Crippen molar-refractivity contribution in [2.24, 2.45) is 23.7 Å². The number of allylic oxidation sites excluding steroid dienone is 2.